The van der Waals surface area contributed by atoms with Crippen LogP contribution in [-0.4, -0.2) is 30.6 Å². The number of hydrogen-bond acceptors (Lipinski definition) is 6. The fourth-order valence-electron chi connectivity index (χ4n) is 0.678. The van der Waals surface area contributed by atoms with Gasteiger partial charge in [-0.05, 0) is 11.3 Å². The molecule has 0 amide bonds. The summed E-state index contributed by atoms with van der Waals surface area (Å²) < 4.78 is 0. The number of hydrogen-bond donors (Lipinski definition) is 2. The molecule has 2 heterocycles. The van der Waals surface area contributed by atoms with E-state index in [9.17, 15) is 0 Å². The first-order chi connectivity index (χ1) is 5.95. The van der Waals surface area contributed by atoms with Crippen molar-refractivity contribution in [3.05, 3.63) is 18.5 Å². The van der Waals surface area contributed by atoms with E-state index >= 15 is 0 Å². The number of nitrogens with one attached hydrogen (secondary N) is 2. The van der Waals surface area contributed by atoms with Crippen LogP contribution in [0.25, 0.3) is 0 Å². The Kier molecular flexibility index (Phi) is 1.61. The summed E-state index contributed by atoms with van der Waals surface area (Å²) in [5, 5.41) is 15.8. The van der Waals surface area contributed by atoms with E-state index in [1.165, 1.54) is 0 Å². The predicted molar refractivity (Wildman–Crippen MR) is 39.5 cm³/mol. The number of H-pyrrole nitrogens is 1. The Morgan fingerprint density at radius 3 is 2.67 bits per heavy atom. The van der Waals surface area contributed by atoms with Crippen LogP contribution in [0.4, 0.5) is 11.9 Å². The van der Waals surface area contributed by atoms with Crippen LogP contribution < -0.4 is 5.32 Å². The van der Waals surface area contributed by atoms with Crippen molar-refractivity contribution in [1.82, 2.24) is 30.6 Å². The van der Waals surface area contributed by atoms with Crippen molar-refractivity contribution < 1.29 is 0 Å². The van der Waals surface area contributed by atoms with Gasteiger partial charge in [0.1, 0.15) is 0 Å². The monoisotopic (exact) mass is 163 g/mol. The molecule has 0 fully saturated rings. The highest BCUT2D eigenvalue weighted by Crippen LogP contribution is 2.01. The average Bonchev–Trinajstić information content (AvgIpc) is 2.59. The summed E-state index contributed by atoms with van der Waals surface area (Å²) in [5.74, 6) is 0.792. The van der Waals surface area contributed by atoms with Crippen molar-refractivity contribution in [2.75, 3.05) is 5.32 Å². The zero-order chi connectivity index (χ0) is 8.23. The van der Waals surface area contributed by atoms with Gasteiger partial charge in [0.25, 0.3) is 5.95 Å². The highest BCUT2D eigenvalue weighted by molar-refractivity contribution is 5.39. The third-order valence-corrected chi connectivity index (χ3v) is 1.13. The van der Waals surface area contributed by atoms with Crippen LogP contribution in [0.5, 0.6) is 0 Å². The topological polar surface area (TPSA) is 92.3 Å². The largest absolute Gasteiger partial charge is 0.290 e. The molecule has 0 aliphatic carbocycles. The minimum absolute atomic E-state index is 0.348. The quantitative estimate of drug-likeness (QED) is 0.633. The molecule has 0 aliphatic rings. The van der Waals surface area contributed by atoms with Gasteiger partial charge in [-0.15, -0.1) is 5.10 Å². The molecule has 0 bridgehead atoms. The Balaban J connectivity index is 2.15. The van der Waals surface area contributed by atoms with Gasteiger partial charge in [-0.1, -0.05) is 5.10 Å². The van der Waals surface area contributed by atoms with Crippen molar-refractivity contribution in [2.45, 2.75) is 0 Å². The fraction of sp³-hybridized carbons (Fsp3) is 0. The Morgan fingerprint density at radius 2 is 2.00 bits per heavy atom. The molecule has 0 saturated heterocycles. The van der Waals surface area contributed by atoms with Gasteiger partial charge in [0, 0.05) is 12.4 Å². The third-order valence-electron chi connectivity index (χ3n) is 1.13. The lowest BCUT2D eigenvalue weighted by molar-refractivity contribution is 0.881. The molecule has 2 N–H and O–H groups in total. The number of tetrazole rings is 1. The molecule has 0 aromatic carbocycles. The highest BCUT2D eigenvalue weighted by Gasteiger charge is 1.98. The average molecular weight is 163 g/mol. The molecule has 0 unspecified atom stereocenters. The highest BCUT2D eigenvalue weighted by atomic mass is 15.5. The van der Waals surface area contributed by atoms with Gasteiger partial charge in [-0.3, -0.25) is 5.32 Å². The van der Waals surface area contributed by atoms with Gasteiger partial charge in [0.15, 0.2) is 0 Å². The molecule has 7 heteroatoms. The second-order valence-electron chi connectivity index (χ2n) is 1.93. The van der Waals surface area contributed by atoms with Crippen molar-refractivity contribution in [2.24, 2.45) is 0 Å². The van der Waals surface area contributed by atoms with Crippen molar-refractivity contribution in [1.29, 1.82) is 0 Å². The van der Waals surface area contributed by atoms with E-state index in [2.05, 4.69) is 35.9 Å². The lowest BCUT2D eigenvalue weighted by Crippen LogP contribution is -1.97. The first kappa shape index (κ1) is 6.65. The normalized spacial score (nSPS) is 9.67. The van der Waals surface area contributed by atoms with Gasteiger partial charge in [0.05, 0.1) is 0 Å². The standard InChI is InChI=1S/C5H5N7/c1-2-6-4(7-3-1)8-5-9-11-12-10-5/h1-3H,(H2,6,7,8,9,10,11,12). The van der Waals surface area contributed by atoms with E-state index in [0.29, 0.717) is 11.9 Å². The lowest BCUT2D eigenvalue weighted by Gasteiger charge is -1.95. The minimum Gasteiger partial charge on any atom is -0.290 e. The number of rotatable bonds is 2. The molecule has 60 valence electrons. The van der Waals surface area contributed by atoms with E-state index < -0.39 is 0 Å². The molecular weight excluding hydrogens is 158 g/mol. The molecule has 2 aromatic rings. The van der Waals surface area contributed by atoms with Gasteiger partial charge in [-0.2, -0.15) is 5.21 Å². The molecule has 12 heavy (non-hydrogen) atoms. The van der Waals surface area contributed by atoms with Gasteiger partial charge in [-0.25, -0.2) is 9.97 Å². The first-order valence-corrected chi connectivity index (χ1v) is 3.22. The van der Waals surface area contributed by atoms with Crippen molar-refractivity contribution in [3.63, 3.8) is 0 Å². The van der Waals surface area contributed by atoms with Crippen molar-refractivity contribution >= 4 is 11.9 Å². The van der Waals surface area contributed by atoms with Crippen LogP contribution in [0, 0.1) is 0 Å². The maximum atomic E-state index is 3.91. The van der Waals surface area contributed by atoms with E-state index in [-0.39, 0.29) is 0 Å². The Hall–Kier alpha value is -2.05. The van der Waals surface area contributed by atoms with Crippen LogP contribution in [0.15, 0.2) is 18.5 Å². The maximum absolute atomic E-state index is 3.91. The number of nitrogens with zero attached hydrogens (tertiary/aromatic N) is 5. The molecular formula is C5H5N7. The molecule has 2 aromatic heterocycles. The zero-order valence-corrected chi connectivity index (χ0v) is 5.97. The minimum atomic E-state index is 0.348. The summed E-state index contributed by atoms with van der Waals surface area (Å²) in [5.41, 5.74) is 0. The summed E-state index contributed by atoms with van der Waals surface area (Å²) in [4.78, 5) is 7.82. The summed E-state index contributed by atoms with van der Waals surface area (Å²) >= 11 is 0. The Labute approximate surface area is 67.3 Å². The second kappa shape index (κ2) is 2.91. The first-order valence-electron chi connectivity index (χ1n) is 3.22. The molecule has 7 nitrogen and oxygen atoms in total. The Morgan fingerprint density at radius 1 is 1.17 bits per heavy atom. The van der Waals surface area contributed by atoms with Gasteiger partial charge in [0.2, 0.25) is 5.95 Å². The fourth-order valence-corrected chi connectivity index (χ4v) is 0.678. The summed E-state index contributed by atoms with van der Waals surface area (Å²) in [6, 6.07) is 1.72. The summed E-state index contributed by atoms with van der Waals surface area (Å²) in [6.07, 6.45) is 3.24. The molecule has 0 radical (unpaired) electrons. The molecule has 0 saturated carbocycles. The lowest BCUT2D eigenvalue weighted by atomic mass is 10.7. The SMILES string of the molecule is c1cnc(Nc2nn[nH]n2)nc1. The van der Waals surface area contributed by atoms with E-state index in [0.717, 1.165) is 0 Å². The molecule has 0 aliphatic heterocycles. The zero-order valence-electron chi connectivity index (χ0n) is 5.97. The van der Waals surface area contributed by atoms with Crippen LogP contribution in [0.1, 0.15) is 0 Å². The number of anilines is 2. The van der Waals surface area contributed by atoms with Crippen LogP contribution in [0.2, 0.25) is 0 Å². The van der Waals surface area contributed by atoms with Gasteiger partial charge >= 0.3 is 0 Å². The number of aromatic amines is 1. The number of aromatic nitrogens is 6. The smallest absolute Gasteiger partial charge is 0.269 e. The predicted octanol–water partition coefficient (Wildman–Crippen LogP) is -0.267. The van der Waals surface area contributed by atoms with Gasteiger partial charge < -0.3 is 0 Å². The van der Waals surface area contributed by atoms with E-state index in [4.69, 9.17) is 0 Å². The second-order valence-corrected chi connectivity index (χ2v) is 1.93. The van der Waals surface area contributed by atoms with E-state index in [1.807, 2.05) is 0 Å². The Bertz CT molecular complexity index is 328. The van der Waals surface area contributed by atoms with Crippen LogP contribution in [0.3, 0.4) is 0 Å². The summed E-state index contributed by atoms with van der Waals surface area (Å²) in [7, 11) is 0. The third kappa shape index (κ3) is 1.34. The maximum Gasteiger partial charge on any atom is 0.269 e. The molecule has 0 spiro atoms. The molecule has 2 rings (SSSR count). The van der Waals surface area contributed by atoms with E-state index in [1.54, 1.807) is 18.5 Å². The molecule has 0 atom stereocenters. The van der Waals surface area contributed by atoms with Crippen LogP contribution >= 0.6 is 0 Å². The van der Waals surface area contributed by atoms with Crippen LogP contribution in [-0.2, 0) is 0 Å². The van der Waals surface area contributed by atoms with Crippen molar-refractivity contribution in [3.8, 4) is 0 Å². The summed E-state index contributed by atoms with van der Waals surface area (Å²) in [6.45, 7) is 0.